The maximum Gasteiger partial charge on any atom is 0.309 e. The first-order chi connectivity index (χ1) is 14.4. The zero-order chi connectivity index (χ0) is 21.7. The second kappa shape index (κ2) is 9.00. The van der Waals surface area contributed by atoms with Gasteiger partial charge in [-0.3, -0.25) is 19.0 Å². The van der Waals surface area contributed by atoms with Crippen molar-refractivity contribution in [3.05, 3.63) is 77.8 Å². The molecular formula is C23H21N3O4. The Bertz CT molecular complexity index is 1160. The van der Waals surface area contributed by atoms with Crippen molar-refractivity contribution < 1.29 is 19.1 Å². The third kappa shape index (κ3) is 4.70. The van der Waals surface area contributed by atoms with Crippen LogP contribution in [0.2, 0.25) is 0 Å². The van der Waals surface area contributed by atoms with Crippen LogP contribution < -0.4 is 0 Å². The predicted molar refractivity (Wildman–Crippen MR) is 115 cm³/mol. The van der Waals surface area contributed by atoms with E-state index in [2.05, 4.69) is 5.10 Å². The van der Waals surface area contributed by atoms with Gasteiger partial charge in [-0.1, -0.05) is 48.5 Å². The summed E-state index contributed by atoms with van der Waals surface area (Å²) >= 11 is 0. The molecule has 0 unspecified atom stereocenters. The van der Waals surface area contributed by atoms with Crippen LogP contribution >= 0.6 is 0 Å². The minimum atomic E-state index is -0.618. The van der Waals surface area contributed by atoms with Crippen LogP contribution in [-0.2, 0) is 14.3 Å². The number of hydrogen-bond donors (Lipinski definition) is 0. The molecular weight excluding hydrogens is 382 g/mol. The highest BCUT2D eigenvalue weighted by molar-refractivity contribution is 5.95. The van der Waals surface area contributed by atoms with Crippen molar-refractivity contribution in [3.63, 3.8) is 0 Å². The van der Waals surface area contributed by atoms with Gasteiger partial charge in [-0.2, -0.15) is 10.1 Å². The van der Waals surface area contributed by atoms with Crippen molar-refractivity contribution in [1.29, 1.82) is 0 Å². The number of nitrogens with zero attached hydrogens (tertiary/aromatic N) is 3. The molecule has 1 aromatic heterocycles. The molecule has 7 heteroatoms. The number of carbonyl (C=O) groups excluding carboxylic acids is 3. The lowest BCUT2D eigenvalue weighted by molar-refractivity contribution is -0.142. The second-order valence-corrected chi connectivity index (χ2v) is 6.54. The average Bonchev–Trinajstić information content (AvgIpc) is 3.06. The smallest absolute Gasteiger partial charge is 0.309 e. The minimum Gasteiger partial charge on any atom is -0.407 e. The van der Waals surface area contributed by atoms with E-state index < -0.39 is 11.9 Å². The van der Waals surface area contributed by atoms with Gasteiger partial charge in [0.2, 0.25) is 17.7 Å². The van der Waals surface area contributed by atoms with Gasteiger partial charge in [-0.05, 0) is 17.7 Å². The van der Waals surface area contributed by atoms with Gasteiger partial charge in [0.15, 0.2) is 0 Å². The fourth-order valence-corrected chi connectivity index (χ4v) is 3.00. The Morgan fingerprint density at radius 2 is 1.63 bits per heavy atom. The number of carbonyl (C=O) groups is 3. The highest BCUT2D eigenvalue weighted by Gasteiger charge is 2.19. The molecule has 0 aliphatic carbocycles. The van der Waals surface area contributed by atoms with Gasteiger partial charge in [0, 0.05) is 32.2 Å². The van der Waals surface area contributed by atoms with Gasteiger partial charge in [-0.15, -0.1) is 0 Å². The SMILES string of the molecule is CC(=O)O/C(=C\c1cc2ccccc2n1C(C)=O)N(/N=C\c1ccccc1)C(C)=O. The normalized spacial score (nSPS) is 11.6. The number of para-hydroxylation sites is 1. The third-order valence-corrected chi connectivity index (χ3v) is 4.20. The molecule has 152 valence electrons. The zero-order valence-corrected chi connectivity index (χ0v) is 16.9. The van der Waals surface area contributed by atoms with Gasteiger partial charge < -0.3 is 4.74 Å². The molecule has 30 heavy (non-hydrogen) atoms. The number of hydrogen-bond acceptors (Lipinski definition) is 5. The lowest BCUT2D eigenvalue weighted by atomic mass is 10.2. The van der Waals surface area contributed by atoms with Crippen LogP contribution in [0.25, 0.3) is 17.0 Å². The highest BCUT2D eigenvalue weighted by atomic mass is 16.6. The van der Waals surface area contributed by atoms with E-state index in [1.54, 1.807) is 6.07 Å². The molecule has 3 aromatic rings. The summed E-state index contributed by atoms with van der Waals surface area (Å²) in [6.45, 7) is 3.97. The summed E-state index contributed by atoms with van der Waals surface area (Å²) in [5.74, 6) is -1.40. The number of aromatic nitrogens is 1. The van der Waals surface area contributed by atoms with Crippen LogP contribution in [0.3, 0.4) is 0 Å². The summed E-state index contributed by atoms with van der Waals surface area (Å²) in [6, 6.07) is 18.3. The number of benzene rings is 2. The van der Waals surface area contributed by atoms with Crippen molar-refractivity contribution in [1.82, 2.24) is 9.58 Å². The lowest BCUT2D eigenvalue weighted by Gasteiger charge is -2.17. The van der Waals surface area contributed by atoms with Crippen LogP contribution in [0.4, 0.5) is 0 Å². The Morgan fingerprint density at radius 3 is 2.27 bits per heavy atom. The number of rotatable bonds is 5. The van der Waals surface area contributed by atoms with Gasteiger partial charge in [0.1, 0.15) is 0 Å². The van der Waals surface area contributed by atoms with Gasteiger partial charge >= 0.3 is 5.97 Å². The molecule has 0 aliphatic heterocycles. The number of amides is 1. The monoisotopic (exact) mass is 403 g/mol. The fourth-order valence-electron chi connectivity index (χ4n) is 3.00. The molecule has 0 radical (unpaired) electrons. The number of hydrazone groups is 1. The van der Waals surface area contributed by atoms with Crippen molar-refractivity contribution in [2.45, 2.75) is 20.8 Å². The number of fused-ring (bicyclic) bond motifs is 1. The first-order valence-electron chi connectivity index (χ1n) is 9.28. The molecule has 0 bridgehead atoms. The Labute approximate surface area is 173 Å². The van der Waals surface area contributed by atoms with Crippen LogP contribution in [0.1, 0.15) is 36.8 Å². The molecule has 0 aliphatic rings. The molecule has 1 amide bonds. The Kier molecular flexibility index (Phi) is 6.22. The molecule has 7 nitrogen and oxygen atoms in total. The number of esters is 1. The summed E-state index contributed by atoms with van der Waals surface area (Å²) < 4.78 is 6.77. The highest BCUT2D eigenvalue weighted by Crippen LogP contribution is 2.23. The Morgan fingerprint density at radius 1 is 0.967 bits per heavy atom. The van der Waals surface area contributed by atoms with Crippen LogP contribution in [0.15, 0.2) is 71.6 Å². The van der Waals surface area contributed by atoms with Crippen LogP contribution in [0, 0.1) is 0 Å². The van der Waals surface area contributed by atoms with Gasteiger partial charge in [0.25, 0.3) is 0 Å². The summed E-state index contributed by atoms with van der Waals surface area (Å²) in [5, 5.41) is 6.01. The summed E-state index contributed by atoms with van der Waals surface area (Å²) in [4.78, 5) is 36.3. The van der Waals surface area contributed by atoms with Crippen molar-refractivity contribution in [2.24, 2.45) is 5.10 Å². The standard InChI is InChI=1S/C23H21N3O4/c1-16(27)25-21(13-20-11-7-8-12-22(20)25)14-23(30-18(3)29)26(17(2)28)24-15-19-9-5-4-6-10-19/h4-15H,1-3H3/b23-14-,24-15-. The van der Waals surface area contributed by atoms with E-state index in [4.69, 9.17) is 4.74 Å². The molecule has 0 spiro atoms. The van der Waals surface area contributed by atoms with E-state index >= 15 is 0 Å². The maximum absolute atomic E-state index is 12.3. The van der Waals surface area contributed by atoms with E-state index in [-0.39, 0.29) is 11.8 Å². The fraction of sp³-hybridized carbons (Fsp3) is 0.130. The Balaban J connectivity index is 2.12. The molecule has 1 heterocycles. The molecule has 3 rings (SSSR count). The van der Waals surface area contributed by atoms with E-state index in [0.717, 1.165) is 16.0 Å². The van der Waals surface area contributed by atoms with E-state index in [9.17, 15) is 14.4 Å². The van der Waals surface area contributed by atoms with E-state index in [1.807, 2.05) is 54.6 Å². The molecule has 0 fully saturated rings. The lowest BCUT2D eigenvalue weighted by Crippen LogP contribution is -2.25. The topological polar surface area (TPSA) is 81.0 Å². The molecule has 0 N–H and O–H groups in total. The second-order valence-electron chi connectivity index (χ2n) is 6.54. The van der Waals surface area contributed by atoms with Gasteiger partial charge in [-0.25, -0.2) is 0 Å². The molecule has 0 atom stereocenters. The quantitative estimate of drug-likeness (QED) is 0.279. The Hall–Kier alpha value is -4.00. The van der Waals surface area contributed by atoms with Crippen LogP contribution in [0.5, 0.6) is 0 Å². The third-order valence-electron chi connectivity index (χ3n) is 4.20. The summed E-state index contributed by atoms with van der Waals surface area (Å²) in [5.41, 5.74) is 1.94. The van der Waals surface area contributed by atoms with Crippen molar-refractivity contribution >= 4 is 41.0 Å². The molecule has 2 aromatic carbocycles. The molecule has 0 saturated carbocycles. The molecule has 0 saturated heterocycles. The van der Waals surface area contributed by atoms with E-state index in [0.29, 0.717) is 11.2 Å². The maximum atomic E-state index is 12.3. The van der Waals surface area contributed by atoms with Crippen molar-refractivity contribution in [3.8, 4) is 0 Å². The van der Waals surface area contributed by atoms with Crippen LogP contribution in [-0.4, -0.2) is 33.6 Å². The summed E-state index contributed by atoms with van der Waals surface area (Å²) in [7, 11) is 0. The zero-order valence-electron chi connectivity index (χ0n) is 16.9. The average molecular weight is 403 g/mol. The van der Waals surface area contributed by atoms with E-state index in [1.165, 1.54) is 37.6 Å². The number of ether oxygens (including phenoxy) is 1. The first-order valence-corrected chi connectivity index (χ1v) is 9.28. The largest absolute Gasteiger partial charge is 0.407 e. The minimum absolute atomic E-state index is 0.104. The summed E-state index contributed by atoms with van der Waals surface area (Å²) in [6.07, 6.45) is 2.94. The van der Waals surface area contributed by atoms with Gasteiger partial charge in [0.05, 0.1) is 17.4 Å². The predicted octanol–water partition coefficient (Wildman–Crippen LogP) is 4.05. The first kappa shape index (κ1) is 20.7. The van der Waals surface area contributed by atoms with Crippen molar-refractivity contribution in [2.75, 3.05) is 0 Å².